The van der Waals surface area contributed by atoms with Crippen LogP contribution < -0.4 is 5.73 Å². The zero-order valence-corrected chi connectivity index (χ0v) is 10.7. The van der Waals surface area contributed by atoms with Gasteiger partial charge >= 0.3 is 0 Å². The molecule has 0 radical (unpaired) electrons. The van der Waals surface area contributed by atoms with Crippen LogP contribution in [0.25, 0.3) is 0 Å². The van der Waals surface area contributed by atoms with Crippen LogP contribution >= 0.6 is 0 Å². The Balaban J connectivity index is 2.83. The number of amidine groups is 1. The van der Waals surface area contributed by atoms with Crippen molar-refractivity contribution in [2.24, 2.45) is 5.73 Å². The van der Waals surface area contributed by atoms with E-state index in [2.05, 4.69) is 9.97 Å². The Morgan fingerprint density at radius 3 is 2.76 bits per heavy atom. The molecule has 0 amide bonds. The molecule has 0 spiro atoms. The molecular weight excluding hydrogens is 242 g/mol. The largest absolute Gasteiger partial charge is 0.388 e. The fraction of sp³-hybridized carbons (Fsp3) is 0.556. The van der Waals surface area contributed by atoms with Crippen molar-refractivity contribution in [1.29, 1.82) is 5.41 Å². The molecule has 1 aromatic rings. The van der Waals surface area contributed by atoms with Gasteiger partial charge in [-0.1, -0.05) is 6.92 Å². The molecule has 7 nitrogen and oxygen atoms in total. The third-order valence-electron chi connectivity index (χ3n) is 2.32. The van der Waals surface area contributed by atoms with Crippen molar-refractivity contribution in [1.82, 2.24) is 14.3 Å². The van der Waals surface area contributed by atoms with E-state index in [1.54, 1.807) is 0 Å². The Morgan fingerprint density at radius 2 is 2.29 bits per heavy atom. The molecule has 0 atom stereocenters. The van der Waals surface area contributed by atoms with Gasteiger partial charge in [-0.05, 0) is 0 Å². The molecule has 96 valence electrons. The van der Waals surface area contributed by atoms with Gasteiger partial charge in [0.25, 0.3) is 10.0 Å². The lowest BCUT2D eigenvalue weighted by Crippen LogP contribution is -2.30. The Morgan fingerprint density at radius 1 is 1.65 bits per heavy atom. The van der Waals surface area contributed by atoms with E-state index in [0.717, 1.165) is 4.31 Å². The standard InChI is InChI=1S/C9H17N5O2S/c1-3-8-12-6-9(13-8)17(15,16)14(2)5-4-7(10)11/h6H,3-5H2,1-2H3,(H3,10,11)(H,12,13). The van der Waals surface area contributed by atoms with Crippen LogP contribution in [0.3, 0.4) is 0 Å². The number of nitrogens with one attached hydrogen (secondary N) is 2. The van der Waals surface area contributed by atoms with Gasteiger partial charge in [0.05, 0.1) is 12.0 Å². The first-order valence-corrected chi connectivity index (χ1v) is 6.65. The van der Waals surface area contributed by atoms with Crippen molar-refractivity contribution >= 4 is 15.9 Å². The predicted octanol–water partition coefficient (Wildman–Crippen LogP) is -0.0813. The Labute approximate surface area is 101 Å². The molecular formula is C9H17N5O2S. The molecule has 0 bridgehead atoms. The third-order valence-corrected chi connectivity index (χ3v) is 4.09. The highest BCUT2D eigenvalue weighted by Gasteiger charge is 2.22. The summed E-state index contributed by atoms with van der Waals surface area (Å²) in [6.07, 6.45) is 2.16. The highest BCUT2D eigenvalue weighted by molar-refractivity contribution is 7.89. The topological polar surface area (TPSA) is 116 Å². The van der Waals surface area contributed by atoms with Gasteiger partial charge in [-0.2, -0.15) is 4.31 Å². The van der Waals surface area contributed by atoms with Gasteiger partial charge in [0.1, 0.15) is 5.82 Å². The fourth-order valence-electron chi connectivity index (χ4n) is 1.22. The molecule has 0 aliphatic carbocycles. The van der Waals surface area contributed by atoms with Crippen LogP contribution in [0.2, 0.25) is 0 Å². The quantitative estimate of drug-likeness (QED) is 0.489. The number of aromatic nitrogens is 2. The lowest BCUT2D eigenvalue weighted by Gasteiger charge is -2.15. The molecule has 17 heavy (non-hydrogen) atoms. The number of aryl methyl sites for hydroxylation is 1. The maximum absolute atomic E-state index is 12.0. The van der Waals surface area contributed by atoms with Gasteiger partial charge in [-0.15, -0.1) is 0 Å². The second-order valence-electron chi connectivity index (χ2n) is 3.65. The molecule has 8 heteroatoms. The lowest BCUT2D eigenvalue weighted by molar-refractivity contribution is 0.475. The van der Waals surface area contributed by atoms with Crippen LogP contribution in [0.4, 0.5) is 0 Å². The summed E-state index contributed by atoms with van der Waals surface area (Å²) in [6.45, 7) is 2.06. The van der Waals surface area contributed by atoms with E-state index in [-0.39, 0.29) is 23.8 Å². The van der Waals surface area contributed by atoms with Crippen LogP contribution in [0.1, 0.15) is 19.2 Å². The molecule has 0 fully saturated rings. The van der Waals surface area contributed by atoms with Gasteiger partial charge in [-0.3, -0.25) is 5.41 Å². The number of hydrogen-bond donors (Lipinski definition) is 3. The molecule has 0 saturated carbocycles. The van der Waals surface area contributed by atoms with Gasteiger partial charge in [-0.25, -0.2) is 13.4 Å². The molecule has 1 heterocycles. The van der Waals surface area contributed by atoms with Crippen molar-refractivity contribution < 1.29 is 8.42 Å². The Hall–Kier alpha value is -1.41. The van der Waals surface area contributed by atoms with Crippen LogP contribution in [-0.4, -0.2) is 42.1 Å². The van der Waals surface area contributed by atoms with Gasteiger partial charge in [0, 0.05) is 26.4 Å². The minimum absolute atomic E-state index is 0.0362. The summed E-state index contributed by atoms with van der Waals surface area (Å²) in [4.78, 5) is 6.70. The summed E-state index contributed by atoms with van der Waals surface area (Å²) in [5.74, 6) is 0.592. The van der Waals surface area contributed by atoms with Crippen molar-refractivity contribution in [2.45, 2.75) is 24.8 Å². The van der Waals surface area contributed by atoms with Gasteiger partial charge < -0.3 is 10.7 Å². The van der Waals surface area contributed by atoms with E-state index in [1.165, 1.54) is 13.2 Å². The van der Waals surface area contributed by atoms with Gasteiger partial charge in [0.15, 0.2) is 5.03 Å². The van der Waals surface area contributed by atoms with E-state index < -0.39 is 10.0 Å². The summed E-state index contributed by atoms with van der Waals surface area (Å²) in [5.41, 5.74) is 5.19. The highest BCUT2D eigenvalue weighted by Crippen LogP contribution is 2.12. The SMILES string of the molecule is CCc1ncc(S(=O)(=O)N(C)CCC(=N)N)[nH]1. The smallest absolute Gasteiger partial charge is 0.259 e. The average molecular weight is 259 g/mol. The average Bonchev–Trinajstić information content (AvgIpc) is 2.74. The monoisotopic (exact) mass is 259 g/mol. The summed E-state index contributed by atoms with van der Waals surface area (Å²) in [6, 6.07) is 0. The fourth-order valence-corrected chi connectivity index (χ4v) is 2.32. The first kappa shape index (κ1) is 13.7. The van der Waals surface area contributed by atoms with E-state index in [4.69, 9.17) is 11.1 Å². The second-order valence-corrected chi connectivity index (χ2v) is 5.66. The molecule has 1 aromatic heterocycles. The molecule has 0 aliphatic heterocycles. The number of nitrogens with two attached hydrogens (primary N) is 1. The van der Waals surface area contributed by atoms with Crippen LogP contribution in [0.15, 0.2) is 11.2 Å². The minimum Gasteiger partial charge on any atom is -0.388 e. The number of H-pyrrole nitrogens is 1. The summed E-state index contributed by atoms with van der Waals surface area (Å²) in [7, 11) is -2.11. The summed E-state index contributed by atoms with van der Waals surface area (Å²) < 4.78 is 25.2. The van der Waals surface area contributed by atoms with Crippen molar-refractivity contribution in [3.8, 4) is 0 Å². The molecule has 0 aromatic carbocycles. The number of hydrogen-bond acceptors (Lipinski definition) is 4. The molecule has 0 aliphatic rings. The van der Waals surface area contributed by atoms with Crippen molar-refractivity contribution in [2.75, 3.05) is 13.6 Å². The number of nitrogens with zero attached hydrogens (tertiary/aromatic N) is 2. The second kappa shape index (κ2) is 5.28. The molecule has 0 saturated heterocycles. The number of aromatic amines is 1. The van der Waals surface area contributed by atoms with E-state index in [1.807, 2.05) is 6.92 Å². The maximum atomic E-state index is 12.0. The van der Waals surface area contributed by atoms with Crippen molar-refractivity contribution in [3.05, 3.63) is 12.0 Å². The van der Waals surface area contributed by atoms with Gasteiger partial charge in [0.2, 0.25) is 0 Å². The maximum Gasteiger partial charge on any atom is 0.259 e. The van der Waals surface area contributed by atoms with Crippen molar-refractivity contribution in [3.63, 3.8) is 0 Å². The molecule has 0 unspecified atom stereocenters. The number of rotatable bonds is 6. The number of imidazole rings is 1. The van der Waals surface area contributed by atoms with E-state index in [9.17, 15) is 8.42 Å². The number of sulfonamides is 1. The van der Waals surface area contributed by atoms with Crippen LogP contribution in [-0.2, 0) is 16.4 Å². The minimum atomic E-state index is -3.56. The summed E-state index contributed by atoms with van der Waals surface area (Å²) in [5, 5.41) is 7.14. The molecule has 1 rings (SSSR count). The van der Waals surface area contributed by atoms with Crippen LogP contribution in [0.5, 0.6) is 0 Å². The van der Waals surface area contributed by atoms with Crippen LogP contribution in [0, 0.1) is 5.41 Å². The summed E-state index contributed by atoms with van der Waals surface area (Å²) >= 11 is 0. The first-order valence-electron chi connectivity index (χ1n) is 5.21. The van der Waals surface area contributed by atoms with E-state index >= 15 is 0 Å². The van der Waals surface area contributed by atoms with E-state index in [0.29, 0.717) is 12.2 Å². The Bertz CT molecular complexity index is 493. The Kier molecular flexibility index (Phi) is 4.24. The zero-order chi connectivity index (χ0) is 13.1. The zero-order valence-electron chi connectivity index (χ0n) is 9.90. The highest BCUT2D eigenvalue weighted by atomic mass is 32.2. The first-order chi connectivity index (χ1) is 7.87. The predicted molar refractivity (Wildman–Crippen MR) is 64.3 cm³/mol. The lowest BCUT2D eigenvalue weighted by atomic mass is 10.4. The third kappa shape index (κ3) is 3.27. The molecule has 4 N–H and O–H groups in total. The normalized spacial score (nSPS) is 11.9.